The van der Waals surface area contributed by atoms with E-state index in [0.29, 0.717) is 16.8 Å². The Hall–Kier alpha value is -6.37. The fourth-order valence-corrected chi connectivity index (χ4v) is 7.47. The number of hydrogen-bond donors (Lipinski definition) is 1. The van der Waals surface area contributed by atoms with E-state index in [2.05, 4.69) is 76.9 Å². The van der Waals surface area contributed by atoms with Crippen LogP contribution in [0, 0.1) is 13.8 Å². The number of hydrogen-bond acceptors (Lipinski definition) is 4. The number of carbonyl (C=O) groups excluding carboxylic acids is 1. The number of pyridine rings is 2. The molecule has 0 aliphatic carbocycles. The van der Waals surface area contributed by atoms with E-state index in [-0.39, 0.29) is 5.91 Å². The van der Waals surface area contributed by atoms with Gasteiger partial charge in [-0.3, -0.25) is 19.7 Å². The number of fused-ring (bicyclic) bond motifs is 4. The minimum atomic E-state index is -1.13. The number of benzene rings is 5. The van der Waals surface area contributed by atoms with Gasteiger partial charge in [-0.15, -0.1) is 0 Å². The Morgan fingerprint density at radius 1 is 0.600 bits per heavy atom. The Bertz CT molecular complexity index is 2500. The summed E-state index contributed by atoms with van der Waals surface area (Å²) in [5.74, 6) is -0.243. The molecule has 0 radical (unpaired) electrons. The molecule has 50 heavy (non-hydrogen) atoms. The van der Waals surface area contributed by atoms with Crippen molar-refractivity contribution in [2.75, 3.05) is 4.90 Å². The fourth-order valence-electron chi connectivity index (χ4n) is 7.47. The second kappa shape index (κ2) is 11.7. The summed E-state index contributed by atoms with van der Waals surface area (Å²) >= 11 is 0. The highest BCUT2D eigenvalue weighted by Gasteiger charge is 2.39. The van der Waals surface area contributed by atoms with Gasteiger partial charge in [0, 0.05) is 46.8 Å². The summed E-state index contributed by atoms with van der Waals surface area (Å²) in [6, 6.07) is 40.8. The lowest BCUT2D eigenvalue weighted by Crippen LogP contribution is -2.27. The minimum Gasteiger partial charge on any atom is -0.369 e. The molecule has 8 aromatic rings. The summed E-state index contributed by atoms with van der Waals surface area (Å²) in [6.07, 6.45) is 6.26. The zero-order valence-electron chi connectivity index (χ0n) is 27.6. The molecular formula is C44H32N4O2. The van der Waals surface area contributed by atoms with Crippen LogP contribution in [-0.4, -0.2) is 25.5 Å². The average Bonchev–Trinajstić information content (AvgIpc) is 3.61. The van der Waals surface area contributed by atoms with Crippen molar-refractivity contribution < 1.29 is 9.90 Å². The van der Waals surface area contributed by atoms with E-state index >= 15 is 0 Å². The van der Waals surface area contributed by atoms with Gasteiger partial charge < -0.3 is 9.67 Å². The van der Waals surface area contributed by atoms with Crippen LogP contribution in [0.1, 0.15) is 33.3 Å². The molecule has 5 aromatic carbocycles. The van der Waals surface area contributed by atoms with Crippen molar-refractivity contribution >= 4 is 33.4 Å². The lowest BCUT2D eigenvalue weighted by Gasteiger charge is -2.21. The van der Waals surface area contributed by atoms with Gasteiger partial charge in [-0.05, 0) is 101 Å². The molecule has 0 fully saturated rings. The SMILES string of the molecule is Cc1cnccc1-c1ccc2c3ccc(-c4ccncc4C)cc3n(-c3cccc4c3C(=O)N(c3ccc(-c5ccccc5)cc3)C4O)c2c1. The Labute approximate surface area is 289 Å². The fraction of sp³-hybridized carbons (Fsp3) is 0.0682. The van der Waals surface area contributed by atoms with Gasteiger partial charge in [-0.1, -0.05) is 78.9 Å². The molecule has 1 aliphatic heterocycles. The predicted molar refractivity (Wildman–Crippen MR) is 200 cm³/mol. The average molecular weight is 649 g/mol. The first-order valence-electron chi connectivity index (χ1n) is 16.7. The van der Waals surface area contributed by atoms with Crippen LogP contribution >= 0.6 is 0 Å². The molecule has 6 nitrogen and oxygen atoms in total. The van der Waals surface area contributed by atoms with Gasteiger partial charge in [0.1, 0.15) is 0 Å². The molecule has 0 saturated heterocycles. The quantitative estimate of drug-likeness (QED) is 0.202. The predicted octanol–water partition coefficient (Wildman–Crippen LogP) is 9.84. The van der Waals surface area contributed by atoms with Crippen LogP contribution in [0.3, 0.4) is 0 Å². The lowest BCUT2D eigenvalue weighted by atomic mass is 9.99. The Kier molecular flexibility index (Phi) is 6.93. The molecule has 1 amide bonds. The molecule has 1 aliphatic rings. The highest BCUT2D eigenvalue weighted by atomic mass is 16.3. The van der Waals surface area contributed by atoms with Crippen LogP contribution in [0.5, 0.6) is 0 Å². The van der Waals surface area contributed by atoms with Gasteiger partial charge in [0.15, 0.2) is 6.23 Å². The summed E-state index contributed by atoms with van der Waals surface area (Å²) in [6.45, 7) is 4.13. The molecule has 0 spiro atoms. The van der Waals surface area contributed by atoms with Crippen molar-refractivity contribution in [3.8, 4) is 39.1 Å². The topological polar surface area (TPSA) is 71.2 Å². The molecule has 0 bridgehead atoms. The van der Waals surface area contributed by atoms with Crippen LogP contribution in [0.2, 0.25) is 0 Å². The number of aliphatic hydroxyl groups is 1. The van der Waals surface area contributed by atoms with Crippen LogP contribution in [0.15, 0.2) is 146 Å². The maximum absolute atomic E-state index is 14.6. The monoisotopic (exact) mass is 648 g/mol. The van der Waals surface area contributed by atoms with Gasteiger partial charge in [-0.2, -0.15) is 0 Å². The number of amides is 1. The van der Waals surface area contributed by atoms with Crippen LogP contribution in [0.25, 0.3) is 60.9 Å². The maximum Gasteiger partial charge on any atom is 0.263 e. The first-order chi connectivity index (χ1) is 24.5. The second-order valence-electron chi connectivity index (χ2n) is 12.9. The maximum atomic E-state index is 14.6. The van der Waals surface area contributed by atoms with Crippen molar-refractivity contribution in [2.24, 2.45) is 0 Å². The number of anilines is 1. The van der Waals surface area contributed by atoms with Crippen molar-refractivity contribution in [3.05, 3.63) is 168 Å². The molecular weight excluding hydrogens is 617 g/mol. The molecule has 240 valence electrons. The molecule has 4 heterocycles. The zero-order valence-corrected chi connectivity index (χ0v) is 27.6. The van der Waals surface area contributed by atoms with Crippen molar-refractivity contribution in [3.63, 3.8) is 0 Å². The Morgan fingerprint density at radius 2 is 1.16 bits per heavy atom. The lowest BCUT2D eigenvalue weighted by molar-refractivity contribution is 0.0935. The number of aromatic nitrogens is 3. The molecule has 1 unspecified atom stereocenters. The molecule has 3 aromatic heterocycles. The second-order valence-corrected chi connectivity index (χ2v) is 12.9. The third-order valence-electron chi connectivity index (χ3n) is 9.95. The van der Waals surface area contributed by atoms with Crippen LogP contribution < -0.4 is 4.90 Å². The number of aliphatic hydroxyl groups excluding tert-OH is 1. The third kappa shape index (κ3) is 4.65. The molecule has 9 rings (SSSR count). The van der Waals surface area contributed by atoms with Gasteiger partial charge >= 0.3 is 0 Å². The van der Waals surface area contributed by atoms with E-state index in [4.69, 9.17) is 0 Å². The van der Waals surface area contributed by atoms with E-state index < -0.39 is 6.23 Å². The van der Waals surface area contributed by atoms with E-state index in [1.807, 2.05) is 97.6 Å². The Morgan fingerprint density at radius 3 is 1.74 bits per heavy atom. The van der Waals surface area contributed by atoms with E-state index in [1.165, 1.54) is 4.90 Å². The first kappa shape index (κ1) is 29.7. The van der Waals surface area contributed by atoms with E-state index in [0.717, 1.165) is 72.0 Å². The third-order valence-corrected chi connectivity index (χ3v) is 9.95. The van der Waals surface area contributed by atoms with Crippen LogP contribution in [-0.2, 0) is 0 Å². The van der Waals surface area contributed by atoms with Crippen molar-refractivity contribution in [1.29, 1.82) is 0 Å². The number of nitrogens with zero attached hydrogens (tertiary/aromatic N) is 4. The summed E-state index contributed by atoms with van der Waals surface area (Å²) in [5, 5.41) is 13.9. The minimum absolute atomic E-state index is 0.243. The zero-order chi connectivity index (χ0) is 33.9. The molecule has 0 saturated carbocycles. The molecule has 1 atom stereocenters. The van der Waals surface area contributed by atoms with Gasteiger partial charge in [0.2, 0.25) is 0 Å². The summed E-state index contributed by atoms with van der Waals surface area (Å²) in [4.78, 5) is 24.7. The number of rotatable bonds is 5. The normalized spacial score (nSPS) is 14.1. The van der Waals surface area contributed by atoms with Gasteiger partial charge in [0.25, 0.3) is 5.91 Å². The summed E-state index contributed by atoms with van der Waals surface area (Å²) in [5.41, 5.74) is 13.0. The van der Waals surface area contributed by atoms with Crippen molar-refractivity contribution in [2.45, 2.75) is 20.1 Å². The van der Waals surface area contributed by atoms with Gasteiger partial charge in [0.05, 0.1) is 22.3 Å². The standard InChI is InChI=1S/C44H32N4O2/c1-27-25-45-21-19-34(27)31-13-17-36-37-18-14-32(35-20-22-46-26-28(35)2)24-41(37)48(40(36)23-31)39-10-6-9-38-42(39)44(50)47(43(38)49)33-15-11-30(12-16-33)29-7-4-3-5-8-29/h3-26,43,49H,1-2H3. The smallest absolute Gasteiger partial charge is 0.263 e. The highest BCUT2D eigenvalue weighted by molar-refractivity contribution is 6.16. The van der Waals surface area contributed by atoms with Crippen molar-refractivity contribution in [1.82, 2.24) is 14.5 Å². The molecule has 6 heteroatoms. The Balaban J connectivity index is 1.25. The van der Waals surface area contributed by atoms with E-state index in [1.54, 1.807) is 0 Å². The number of aryl methyl sites for hydroxylation is 2. The van der Waals surface area contributed by atoms with E-state index in [9.17, 15) is 9.90 Å². The molecule has 1 N–H and O–H groups in total. The largest absolute Gasteiger partial charge is 0.369 e. The highest BCUT2D eigenvalue weighted by Crippen LogP contribution is 2.43. The van der Waals surface area contributed by atoms with Gasteiger partial charge in [-0.25, -0.2) is 0 Å². The number of carbonyl (C=O) groups is 1. The summed E-state index contributed by atoms with van der Waals surface area (Å²) < 4.78 is 2.19. The van der Waals surface area contributed by atoms with Crippen LogP contribution in [0.4, 0.5) is 5.69 Å². The summed E-state index contributed by atoms with van der Waals surface area (Å²) in [7, 11) is 0. The first-order valence-corrected chi connectivity index (χ1v) is 16.7.